The van der Waals surface area contributed by atoms with Gasteiger partial charge in [-0.25, -0.2) is 4.79 Å². The maximum Gasteiger partial charge on any atom is 0.341 e. The normalized spacial score (nSPS) is 10.8. The van der Waals surface area contributed by atoms with E-state index >= 15 is 0 Å². The number of carbonyl (C=O) groups is 1. The van der Waals surface area contributed by atoms with E-state index in [2.05, 4.69) is 44.2 Å². The predicted molar refractivity (Wildman–Crippen MR) is 139 cm³/mol. The van der Waals surface area contributed by atoms with Gasteiger partial charge >= 0.3 is 5.97 Å². The van der Waals surface area contributed by atoms with Crippen molar-refractivity contribution in [2.24, 2.45) is 0 Å². The van der Waals surface area contributed by atoms with Gasteiger partial charge < -0.3 is 14.4 Å². The SMILES string of the molecule is Cc1ccc(-c2ccccc2-c2ccc(=O)n(CCCc3cccc(OCC(=O)O)c3)c2)cc1C. The monoisotopic (exact) mass is 467 g/mol. The van der Waals surface area contributed by atoms with E-state index in [-0.39, 0.29) is 12.2 Å². The molecule has 4 rings (SSSR count). The molecule has 0 spiro atoms. The molecule has 0 bridgehead atoms. The van der Waals surface area contributed by atoms with Crippen molar-refractivity contribution in [3.63, 3.8) is 0 Å². The van der Waals surface area contributed by atoms with Crippen LogP contribution >= 0.6 is 0 Å². The van der Waals surface area contributed by atoms with Crippen LogP contribution in [0, 0.1) is 13.8 Å². The highest BCUT2D eigenvalue weighted by Crippen LogP contribution is 2.32. The van der Waals surface area contributed by atoms with E-state index < -0.39 is 5.97 Å². The fourth-order valence-corrected chi connectivity index (χ4v) is 4.15. The third-order valence-corrected chi connectivity index (χ3v) is 6.16. The zero-order chi connectivity index (χ0) is 24.8. The largest absolute Gasteiger partial charge is 0.482 e. The summed E-state index contributed by atoms with van der Waals surface area (Å²) >= 11 is 0. The number of hydrogen-bond acceptors (Lipinski definition) is 3. The highest BCUT2D eigenvalue weighted by molar-refractivity contribution is 5.83. The molecule has 4 aromatic rings. The Balaban J connectivity index is 1.52. The number of carboxylic acid groups (broad SMARTS) is 1. The smallest absolute Gasteiger partial charge is 0.341 e. The third-order valence-electron chi connectivity index (χ3n) is 6.16. The number of rotatable bonds is 9. The summed E-state index contributed by atoms with van der Waals surface area (Å²) in [4.78, 5) is 23.3. The zero-order valence-electron chi connectivity index (χ0n) is 20.0. The molecule has 0 unspecified atom stereocenters. The molecule has 1 heterocycles. The van der Waals surface area contributed by atoms with E-state index in [0.29, 0.717) is 12.3 Å². The van der Waals surface area contributed by atoms with Gasteiger partial charge in [0.05, 0.1) is 0 Å². The van der Waals surface area contributed by atoms with Gasteiger partial charge in [-0.15, -0.1) is 0 Å². The van der Waals surface area contributed by atoms with Gasteiger partial charge in [0.1, 0.15) is 5.75 Å². The summed E-state index contributed by atoms with van der Waals surface area (Å²) < 4.78 is 7.02. The van der Waals surface area contributed by atoms with Gasteiger partial charge in [-0.1, -0.05) is 54.6 Å². The molecule has 3 aromatic carbocycles. The van der Waals surface area contributed by atoms with Gasteiger partial charge in [0.25, 0.3) is 5.56 Å². The molecule has 0 aliphatic carbocycles. The Bertz CT molecular complexity index is 1400. The summed E-state index contributed by atoms with van der Waals surface area (Å²) in [6.07, 6.45) is 3.46. The van der Waals surface area contributed by atoms with Crippen molar-refractivity contribution in [3.05, 3.63) is 112 Å². The number of aryl methyl sites for hydroxylation is 4. The summed E-state index contributed by atoms with van der Waals surface area (Å²) in [7, 11) is 0. The van der Waals surface area contributed by atoms with Crippen molar-refractivity contribution in [1.82, 2.24) is 4.57 Å². The van der Waals surface area contributed by atoms with Crippen molar-refractivity contribution in [3.8, 4) is 28.0 Å². The molecule has 0 atom stereocenters. The number of nitrogens with zero attached hydrogens (tertiary/aromatic N) is 1. The quantitative estimate of drug-likeness (QED) is 0.333. The molecule has 178 valence electrons. The van der Waals surface area contributed by atoms with E-state index in [1.54, 1.807) is 16.7 Å². The third kappa shape index (κ3) is 6.07. The first kappa shape index (κ1) is 24.0. The molecule has 1 N–H and O–H groups in total. The van der Waals surface area contributed by atoms with Crippen molar-refractivity contribution < 1.29 is 14.6 Å². The molecule has 5 nitrogen and oxygen atoms in total. The maximum absolute atomic E-state index is 12.6. The average Bonchev–Trinajstić information content (AvgIpc) is 2.86. The van der Waals surface area contributed by atoms with Crippen LogP contribution in [0.4, 0.5) is 0 Å². The summed E-state index contributed by atoms with van der Waals surface area (Å²) in [6, 6.07) is 25.7. The van der Waals surface area contributed by atoms with Gasteiger partial charge in [-0.2, -0.15) is 0 Å². The Kier molecular flexibility index (Phi) is 7.46. The second-order valence-corrected chi connectivity index (χ2v) is 8.73. The molecule has 0 aliphatic heterocycles. The van der Waals surface area contributed by atoms with Crippen molar-refractivity contribution >= 4 is 5.97 Å². The number of aliphatic carboxylic acids is 1. The zero-order valence-corrected chi connectivity index (χ0v) is 20.0. The number of aromatic nitrogens is 1. The van der Waals surface area contributed by atoms with Crippen LogP contribution in [0.1, 0.15) is 23.1 Å². The lowest BCUT2D eigenvalue weighted by Crippen LogP contribution is -2.19. The van der Waals surface area contributed by atoms with E-state index in [9.17, 15) is 9.59 Å². The first-order valence-corrected chi connectivity index (χ1v) is 11.7. The van der Waals surface area contributed by atoms with E-state index in [1.165, 1.54) is 11.1 Å². The lowest BCUT2D eigenvalue weighted by Gasteiger charge is -2.14. The van der Waals surface area contributed by atoms with Crippen LogP contribution in [0.2, 0.25) is 0 Å². The molecule has 0 amide bonds. The Morgan fingerprint density at radius 1 is 0.857 bits per heavy atom. The van der Waals surface area contributed by atoms with E-state index in [4.69, 9.17) is 9.84 Å². The summed E-state index contributed by atoms with van der Waals surface area (Å²) in [5.41, 5.74) is 7.91. The van der Waals surface area contributed by atoms with Crippen LogP contribution in [-0.2, 0) is 17.8 Å². The van der Waals surface area contributed by atoms with Gasteiger partial charge in [-0.3, -0.25) is 4.79 Å². The number of hydrogen-bond donors (Lipinski definition) is 1. The molecule has 5 heteroatoms. The summed E-state index contributed by atoms with van der Waals surface area (Å²) in [5, 5.41) is 8.79. The van der Waals surface area contributed by atoms with Gasteiger partial charge in [0, 0.05) is 18.8 Å². The average molecular weight is 468 g/mol. The number of pyridine rings is 1. The number of carboxylic acids is 1. The first-order valence-electron chi connectivity index (χ1n) is 11.7. The Morgan fingerprint density at radius 3 is 2.34 bits per heavy atom. The maximum atomic E-state index is 12.6. The van der Waals surface area contributed by atoms with Crippen LogP contribution in [-0.4, -0.2) is 22.2 Å². The molecule has 0 fully saturated rings. The highest BCUT2D eigenvalue weighted by atomic mass is 16.5. The minimum absolute atomic E-state index is 0.0315. The van der Waals surface area contributed by atoms with E-state index in [0.717, 1.165) is 40.7 Å². The minimum atomic E-state index is -1.01. The second kappa shape index (κ2) is 10.9. The van der Waals surface area contributed by atoms with Crippen molar-refractivity contribution in [2.75, 3.05) is 6.61 Å². The lowest BCUT2D eigenvalue weighted by atomic mass is 9.93. The van der Waals surface area contributed by atoms with Crippen LogP contribution in [0.15, 0.2) is 89.9 Å². The number of benzene rings is 3. The fraction of sp³-hybridized carbons (Fsp3) is 0.200. The predicted octanol–water partition coefficient (Wildman–Crippen LogP) is 5.90. The van der Waals surface area contributed by atoms with Crippen molar-refractivity contribution in [1.29, 1.82) is 0 Å². The highest BCUT2D eigenvalue weighted by Gasteiger charge is 2.10. The first-order chi connectivity index (χ1) is 16.9. The van der Waals surface area contributed by atoms with E-state index in [1.807, 2.05) is 42.6 Å². The molecule has 0 radical (unpaired) electrons. The minimum Gasteiger partial charge on any atom is -0.482 e. The second-order valence-electron chi connectivity index (χ2n) is 8.73. The Hall–Kier alpha value is -4.12. The lowest BCUT2D eigenvalue weighted by molar-refractivity contribution is -0.139. The van der Waals surface area contributed by atoms with Crippen LogP contribution in [0.3, 0.4) is 0 Å². The van der Waals surface area contributed by atoms with Crippen molar-refractivity contribution in [2.45, 2.75) is 33.2 Å². The summed E-state index contributed by atoms with van der Waals surface area (Å²) in [6.45, 7) is 4.45. The molecule has 0 saturated carbocycles. The number of ether oxygens (including phenoxy) is 1. The van der Waals surface area contributed by atoms with Crippen LogP contribution in [0.25, 0.3) is 22.3 Å². The standard InChI is InChI=1S/C30H29NO4/c1-21-12-13-24(17-22(21)2)27-10-3-4-11-28(27)25-14-15-29(32)31(19-25)16-6-8-23-7-5-9-26(18-23)35-20-30(33)34/h3-5,7,9-15,17-19H,6,8,16,20H2,1-2H3,(H,33,34). The van der Waals surface area contributed by atoms with Gasteiger partial charge in [0.15, 0.2) is 6.61 Å². The van der Waals surface area contributed by atoms with Crippen LogP contribution in [0.5, 0.6) is 5.75 Å². The van der Waals surface area contributed by atoms with Crippen LogP contribution < -0.4 is 10.3 Å². The van der Waals surface area contributed by atoms with Gasteiger partial charge in [0.2, 0.25) is 0 Å². The molecular weight excluding hydrogens is 438 g/mol. The Labute approximate surface area is 205 Å². The Morgan fingerprint density at radius 2 is 1.60 bits per heavy atom. The topological polar surface area (TPSA) is 68.5 Å². The molecule has 1 aromatic heterocycles. The summed E-state index contributed by atoms with van der Waals surface area (Å²) in [5.74, 6) is -0.472. The fourth-order valence-electron chi connectivity index (χ4n) is 4.15. The molecule has 0 saturated heterocycles. The molecular formula is C30H29NO4. The molecule has 35 heavy (non-hydrogen) atoms. The molecule has 0 aliphatic rings. The van der Waals surface area contributed by atoms with Gasteiger partial charge in [-0.05, 0) is 83.8 Å².